The number of benzene rings is 1. The Balaban J connectivity index is 1.42. The van der Waals surface area contributed by atoms with Crippen LogP contribution in [0.15, 0.2) is 42.6 Å². The lowest BCUT2D eigenvalue weighted by Gasteiger charge is -2.21. The Hall–Kier alpha value is -1.65. The lowest BCUT2D eigenvalue weighted by Crippen LogP contribution is -2.16. The zero-order valence-corrected chi connectivity index (χ0v) is 12.4. The van der Waals surface area contributed by atoms with Crippen molar-refractivity contribution in [2.45, 2.75) is 51.3 Å². The van der Waals surface area contributed by atoms with E-state index in [1.165, 1.54) is 32.1 Å². The second kappa shape index (κ2) is 7.38. The molecular formula is C17H23N3O. The van der Waals surface area contributed by atoms with Gasteiger partial charge in [0.2, 0.25) is 0 Å². The molecule has 0 aliphatic heterocycles. The maximum absolute atomic E-state index is 5.48. The highest BCUT2D eigenvalue weighted by Crippen LogP contribution is 2.27. The van der Waals surface area contributed by atoms with Crippen LogP contribution < -0.4 is 5.48 Å². The first-order valence-corrected chi connectivity index (χ1v) is 7.84. The summed E-state index contributed by atoms with van der Waals surface area (Å²) in [6, 6.07) is 12.8. The van der Waals surface area contributed by atoms with Crippen molar-refractivity contribution in [3.63, 3.8) is 0 Å². The van der Waals surface area contributed by atoms with Crippen LogP contribution in [0.1, 0.15) is 49.4 Å². The van der Waals surface area contributed by atoms with Gasteiger partial charge < -0.3 is 0 Å². The zero-order valence-electron chi connectivity index (χ0n) is 12.4. The van der Waals surface area contributed by atoms with Gasteiger partial charge in [-0.15, -0.1) is 0 Å². The Labute approximate surface area is 126 Å². The van der Waals surface area contributed by atoms with Gasteiger partial charge in [-0.3, -0.25) is 9.52 Å². The van der Waals surface area contributed by atoms with Gasteiger partial charge >= 0.3 is 0 Å². The van der Waals surface area contributed by atoms with E-state index in [1.807, 2.05) is 18.2 Å². The molecule has 1 N–H and O–H groups in total. The molecule has 4 nitrogen and oxygen atoms in total. The van der Waals surface area contributed by atoms with E-state index in [-0.39, 0.29) is 0 Å². The molecule has 2 aromatic rings. The van der Waals surface area contributed by atoms with E-state index in [9.17, 15) is 0 Å². The summed E-state index contributed by atoms with van der Waals surface area (Å²) in [7, 11) is 0. The Kier molecular flexibility index (Phi) is 5.03. The number of aromatic nitrogens is 2. The van der Waals surface area contributed by atoms with Gasteiger partial charge in [-0.1, -0.05) is 49.6 Å². The molecule has 0 saturated heterocycles. The highest BCUT2D eigenvalue weighted by Gasteiger charge is 2.15. The Morgan fingerprint density at radius 2 is 1.90 bits per heavy atom. The molecule has 0 bridgehead atoms. The molecule has 1 aromatic heterocycles. The zero-order chi connectivity index (χ0) is 14.3. The predicted octanol–water partition coefficient (Wildman–Crippen LogP) is 3.61. The largest absolute Gasteiger partial charge is 0.297 e. The van der Waals surface area contributed by atoms with Crippen LogP contribution in [0.2, 0.25) is 0 Å². The molecule has 1 fully saturated rings. The van der Waals surface area contributed by atoms with Crippen molar-refractivity contribution in [1.29, 1.82) is 0 Å². The predicted molar refractivity (Wildman–Crippen MR) is 82.4 cm³/mol. The summed E-state index contributed by atoms with van der Waals surface area (Å²) in [6.07, 6.45) is 8.67. The molecule has 21 heavy (non-hydrogen) atoms. The molecule has 1 aliphatic carbocycles. The molecule has 3 rings (SSSR count). The highest BCUT2D eigenvalue weighted by molar-refractivity contribution is 5.13. The topological polar surface area (TPSA) is 39.1 Å². The molecule has 1 heterocycles. The first-order chi connectivity index (χ1) is 10.4. The smallest absolute Gasteiger partial charge is 0.0933 e. The minimum atomic E-state index is 0.574. The van der Waals surface area contributed by atoms with Crippen molar-refractivity contribution in [3.8, 4) is 0 Å². The fraction of sp³-hybridized carbons (Fsp3) is 0.471. The van der Waals surface area contributed by atoms with Crippen molar-refractivity contribution in [2.75, 3.05) is 0 Å². The summed E-state index contributed by atoms with van der Waals surface area (Å²) in [5.41, 5.74) is 5.19. The monoisotopic (exact) mass is 285 g/mol. The molecule has 0 atom stereocenters. The lowest BCUT2D eigenvalue weighted by molar-refractivity contribution is 0.0227. The molecule has 1 aliphatic rings. The highest BCUT2D eigenvalue weighted by atomic mass is 16.6. The number of hydroxylamine groups is 1. The van der Waals surface area contributed by atoms with E-state index in [0.29, 0.717) is 19.2 Å². The molecular weight excluding hydrogens is 262 g/mol. The quantitative estimate of drug-likeness (QED) is 0.651. The van der Waals surface area contributed by atoms with Gasteiger partial charge in [0.05, 0.1) is 24.9 Å². The summed E-state index contributed by atoms with van der Waals surface area (Å²) in [5, 5.41) is 4.65. The fourth-order valence-electron chi connectivity index (χ4n) is 2.85. The molecule has 4 heteroatoms. The first-order valence-electron chi connectivity index (χ1n) is 7.84. The van der Waals surface area contributed by atoms with Crippen molar-refractivity contribution < 1.29 is 4.84 Å². The normalized spacial score (nSPS) is 16.2. The van der Waals surface area contributed by atoms with Crippen LogP contribution in [0.3, 0.4) is 0 Å². The van der Waals surface area contributed by atoms with Gasteiger partial charge in [-0.2, -0.15) is 10.6 Å². The SMILES string of the molecule is c1ccc(CONCc2ccn(C3CCCCC3)n2)cc1. The molecule has 0 radical (unpaired) electrons. The second-order valence-corrected chi connectivity index (χ2v) is 5.67. The van der Waals surface area contributed by atoms with Crippen LogP contribution >= 0.6 is 0 Å². The Morgan fingerprint density at radius 1 is 1.10 bits per heavy atom. The maximum atomic E-state index is 5.48. The Morgan fingerprint density at radius 3 is 2.71 bits per heavy atom. The van der Waals surface area contributed by atoms with Gasteiger partial charge in [0, 0.05) is 6.20 Å². The average Bonchev–Trinajstić information content (AvgIpc) is 3.02. The molecule has 1 aromatic carbocycles. The van der Waals surface area contributed by atoms with E-state index in [2.05, 4.69) is 39.7 Å². The number of nitrogens with zero attached hydrogens (tertiary/aromatic N) is 2. The number of hydrogen-bond donors (Lipinski definition) is 1. The molecule has 0 amide bonds. The van der Waals surface area contributed by atoms with Crippen LogP contribution in [0, 0.1) is 0 Å². The van der Waals surface area contributed by atoms with Crippen LogP contribution in [0.25, 0.3) is 0 Å². The third kappa shape index (κ3) is 4.16. The van der Waals surface area contributed by atoms with E-state index >= 15 is 0 Å². The van der Waals surface area contributed by atoms with Crippen molar-refractivity contribution >= 4 is 0 Å². The summed E-state index contributed by atoms with van der Waals surface area (Å²) in [5.74, 6) is 0. The standard InChI is InChI=1S/C17H23N3O/c1-3-7-15(8-4-1)14-21-18-13-16-11-12-20(19-16)17-9-5-2-6-10-17/h1,3-4,7-8,11-12,17-18H,2,5-6,9-10,13-14H2. The van der Waals surface area contributed by atoms with E-state index in [1.54, 1.807) is 0 Å². The third-order valence-corrected chi connectivity index (χ3v) is 4.05. The average molecular weight is 285 g/mol. The van der Waals surface area contributed by atoms with E-state index < -0.39 is 0 Å². The summed E-state index contributed by atoms with van der Waals surface area (Å²) in [6.45, 7) is 1.22. The fourth-order valence-corrected chi connectivity index (χ4v) is 2.85. The van der Waals surface area contributed by atoms with Crippen LogP contribution in [0.5, 0.6) is 0 Å². The molecule has 0 spiro atoms. The van der Waals surface area contributed by atoms with Gasteiger partial charge in [-0.25, -0.2) is 0 Å². The molecule has 112 valence electrons. The second-order valence-electron chi connectivity index (χ2n) is 5.67. The van der Waals surface area contributed by atoms with E-state index in [0.717, 1.165) is 11.3 Å². The number of hydrogen-bond acceptors (Lipinski definition) is 3. The minimum absolute atomic E-state index is 0.574. The summed E-state index contributed by atoms with van der Waals surface area (Å²) < 4.78 is 2.13. The van der Waals surface area contributed by atoms with Gasteiger partial charge in [-0.05, 0) is 24.5 Å². The van der Waals surface area contributed by atoms with Crippen LogP contribution in [-0.4, -0.2) is 9.78 Å². The van der Waals surface area contributed by atoms with Crippen LogP contribution in [-0.2, 0) is 18.0 Å². The summed E-state index contributed by atoms with van der Waals surface area (Å²) >= 11 is 0. The van der Waals surface area contributed by atoms with Crippen LogP contribution in [0.4, 0.5) is 0 Å². The lowest BCUT2D eigenvalue weighted by atomic mass is 9.96. The van der Waals surface area contributed by atoms with Crippen molar-refractivity contribution in [1.82, 2.24) is 15.3 Å². The van der Waals surface area contributed by atoms with Gasteiger partial charge in [0.15, 0.2) is 0 Å². The number of rotatable bonds is 6. The first kappa shape index (κ1) is 14.3. The maximum Gasteiger partial charge on any atom is 0.0933 e. The van der Waals surface area contributed by atoms with Gasteiger partial charge in [0.1, 0.15) is 0 Å². The van der Waals surface area contributed by atoms with Gasteiger partial charge in [0.25, 0.3) is 0 Å². The molecule has 0 unspecified atom stereocenters. The van der Waals surface area contributed by atoms with Crippen molar-refractivity contribution in [3.05, 3.63) is 53.9 Å². The Bertz CT molecular complexity index is 532. The minimum Gasteiger partial charge on any atom is -0.297 e. The van der Waals surface area contributed by atoms with Crippen molar-refractivity contribution in [2.24, 2.45) is 0 Å². The molecule has 1 saturated carbocycles. The third-order valence-electron chi connectivity index (χ3n) is 4.05. The summed E-state index contributed by atoms with van der Waals surface area (Å²) in [4.78, 5) is 5.48. The number of nitrogens with one attached hydrogen (secondary N) is 1. The van der Waals surface area contributed by atoms with E-state index in [4.69, 9.17) is 4.84 Å².